The molecule has 2 rings (SSSR count). The number of primary amides is 1. The molecule has 0 aliphatic carbocycles. The van der Waals surface area contributed by atoms with E-state index >= 15 is 0 Å². The van der Waals surface area contributed by atoms with Crippen molar-refractivity contribution < 1.29 is 146 Å². The summed E-state index contributed by atoms with van der Waals surface area (Å²) < 4.78 is 0. The van der Waals surface area contributed by atoms with Crippen molar-refractivity contribution in [2.45, 2.75) is 290 Å². The van der Waals surface area contributed by atoms with Gasteiger partial charge in [0, 0.05) is 38.6 Å². The molecule has 1 aromatic rings. The summed E-state index contributed by atoms with van der Waals surface area (Å²) in [6.45, 7) is 18.0. The predicted molar refractivity (Wildman–Crippen MR) is 479 cm³/mol. The van der Waals surface area contributed by atoms with Crippen LogP contribution < -0.4 is 102 Å². The number of aliphatic hydroxyl groups is 1. The Hall–Kier alpha value is -13.6. The van der Waals surface area contributed by atoms with Gasteiger partial charge in [-0.1, -0.05) is 126 Å². The van der Waals surface area contributed by atoms with Crippen LogP contribution in [0.15, 0.2) is 30.3 Å². The summed E-state index contributed by atoms with van der Waals surface area (Å²) in [5.74, 6) is -29.9. The smallest absolute Gasteiger partial charge is 0.326 e. The molecule has 1 aliphatic heterocycles. The first-order valence-electron chi connectivity index (χ1n) is 44.7. The molecule has 760 valence electrons. The number of likely N-dealkylation sites (tertiary alicyclic amines) is 1. The van der Waals surface area contributed by atoms with Crippen molar-refractivity contribution in [3.63, 3.8) is 0 Å². The second-order valence-electron chi connectivity index (χ2n) is 34.7. The number of rotatable bonds is 62. The van der Waals surface area contributed by atoms with Gasteiger partial charge in [0.2, 0.25) is 112 Å². The summed E-state index contributed by atoms with van der Waals surface area (Å²) in [6, 6.07) is -16.7. The van der Waals surface area contributed by atoms with E-state index in [0.717, 1.165) is 11.8 Å². The summed E-state index contributed by atoms with van der Waals surface area (Å²) in [4.78, 5) is 319. The Bertz CT molecular complexity index is 4380. The van der Waals surface area contributed by atoms with E-state index in [0.29, 0.717) is 12.0 Å². The van der Waals surface area contributed by atoms with Crippen LogP contribution >= 0.6 is 0 Å². The van der Waals surface area contributed by atoms with Crippen molar-refractivity contribution in [1.82, 2.24) is 95.3 Å². The summed E-state index contributed by atoms with van der Waals surface area (Å²) >= 11 is 0. The Morgan fingerprint density at radius 2 is 0.772 bits per heavy atom. The van der Waals surface area contributed by atoms with E-state index in [9.17, 15) is 141 Å². The largest absolute Gasteiger partial charge is 0.481 e. The Morgan fingerprint density at radius 3 is 1.26 bits per heavy atom. The zero-order chi connectivity index (χ0) is 103. The fraction of sp³-hybridized carbons (Fsp3) is 0.651. The third-order valence-electron chi connectivity index (χ3n) is 22.0. The number of carbonyl (C=O) groups excluding carboxylic acids is 19. The third kappa shape index (κ3) is 42.3. The minimum absolute atomic E-state index is 0.00220. The van der Waals surface area contributed by atoms with E-state index in [1.165, 1.54) is 34.6 Å². The number of amides is 19. The number of carboxylic acids is 5. The van der Waals surface area contributed by atoms with Crippen LogP contribution in [0.25, 0.3) is 0 Å². The molecular formula is C86H136N20O30. The molecule has 1 aromatic carbocycles. The Kier molecular flexibility index (Phi) is 51.6. The number of carbonyl (C=O) groups is 24. The van der Waals surface area contributed by atoms with Gasteiger partial charge in [-0.05, 0) is 99.9 Å². The molecule has 0 radical (unpaired) electrons. The van der Waals surface area contributed by atoms with Crippen LogP contribution in [0.4, 0.5) is 0 Å². The first-order chi connectivity index (χ1) is 63.6. The molecule has 0 bridgehead atoms. The maximum Gasteiger partial charge on any atom is 0.326 e. The highest BCUT2D eigenvalue weighted by Gasteiger charge is 2.44. The van der Waals surface area contributed by atoms with Crippen molar-refractivity contribution in [3.05, 3.63) is 35.9 Å². The SMILES string of the molecule is CC[C@H](C)[C@H](N)C(=O)N[C@H](C(=O)NCC(=O)NCC(=O)N[C@@H](CCC(=O)O)C(=O)N[C@@H](CCC(=O)O)C(=O)N[C@@H](C)C(=O)N[C@H](C(=O)N[C@@H](C)C(=O)NCC(=O)N[C@@H](CC(=O)O)C(=O)N[C@@H](Cc1ccccc1)C(=O)N1CCC[C@H]1C(=O)N[C@H](C(=O)N[C@H](C(=O)N[C@@H](CO)C(=O)N[C@@H](CC(C)C)C(=O)N[C@@H](CCC(N)=O)C(=O)N[C@@H](CCC(=O)O)C(=O)O)C(C)C)[C@@H](C)CC)C(C)C)C(C)C. The average molecular weight is 1930 g/mol. The second kappa shape index (κ2) is 59.2. The lowest BCUT2D eigenvalue weighted by Crippen LogP contribution is -2.62. The van der Waals surface area contributed by atoms with Crippen molar-refractivity contribution in [2.24, 2.45) is 47.0 Å². The van der Waals surface area contributed by atoms with Gasteiger partial charge < -0.3 is 137 Å². The van der Waals surface area contributed by atoms with E-state index in [2.05, 4.69) is 90.4 Å². The van der Waals surface area contributed by atoms with Gasteiger partial charge in [-0.25, -0.2) is 4.79 Å². The number of aliphatic carboxylic acids is 5. The second-order valence-corrected chi connectivity index (χ2v) is 34.7. The highest BCUT2D eigenvalue weighted by atomic mass is 16.4. The van der Waals surface area contributed by atoms with Crippen LogP contribution in [0.5, 0.6) is 0 Å². The molecule has 1 aliphatic rings. The molecule has 18 atom stereocenters. The number of carboxylic acid groups (broad SMARTS) is 5. The molecule has 50 heteroatoms. The molecular weight excluding hydrogens is 1790 g/mol. The number of nitrogens with two attached hydrogens (primary N) is 2. The number of hydrogen-bond donors (Lipinski definition) is 25. The predicted octanol–water partition coefficient (Wildman–Crippen LogP) is -6.76. The van der Waals surface area contributed by atoms with Gasteiger partial charge in [-0.15, -0.1) is 0 Å². The summed E-state index contributed by atoms with van der Waals surface area (Å²) in [5, 5.41) is 98.4. The Labute approximate surface area is 785 Å². The third-order valence-corrected chi connectivity index (χ3v) is 22.0. The topological polar surface area (TPSA) is 791 Å². The van der Waals surface area contributed by atoms with E-state index < -0.39 is 346 Å². The first-order valence-corrected chi connectivity index (χ1v) is 44.7. The Morgan fingerprint density at radius 1 is 0.382 bits per heavy atom. The van der Waals surface area contributed by atoms with Crippen LogP contribution in [-0.2, 0) is 121 Å². The van der Waals surface area contributed by atoms with Crippen LogP contribution in [0, 0.1) is 35.5 Å². The molecule has 1 saturated heterocycles. The van der Waals surface area contributed by atoms with Crippen LogP contribution in [0.3, 0.4) is 0 Å². The summed E-state index contributed by atoms with van der Waals surface area (Å²) in [5.41, 5.74) is 11.8. The molecule has 1 heterocycles. The number of aliphatic hydroxyl groups excluding tert-OH is 1. The molecule has 0 spiro atoms. The van der Waals surface area contributed by atoms with E-state index in [-0.39, 0.29) is 50.5 Å². The molecule has 0 unspecified atom stereocenters. The quantitative estimate of drug-likeness (QED) is 0.0288. The molecule has 19 amide bonds. The molecule has 50 nitrogen and oxygen atoms in total. The molecule has 27 N–H and O–H groups in total. The average Bonchev–Trinajstić information content (AvgIpc) is 1.63. The number of hydrogen-bond acceptors (Lipinski definition) is 26. The zero-order valence-corrected chi connectivity index (χ0v) is 78.8. The number of benzene rings is 1. The summed E-state index contributed by atoms with van der Waals surface area (Å²) in [6.07, 6.45) is -5.49. The standard InChI is InChI=1S/C86H136N20O30/c1-15-44(11)66(88)80(129)103-67(41(5)6)81(130)91-36-59(109)89-37-60(110)94-49(25-29-62(112)113)74(123)96-51(26-30-63(114)115)73(122)92-47(14)72(121)102-68(42(7)8)82(131)93-46(13)71(120)90-38-61(111)95-54(35-65(118)119)77(126)100-55(34-48-21-18-17-19-22-48)85(134)106-32-20-23-57(106)79(128)105-70(45(12)16-2)84(133)104-69(43(9)10)83(132)101-56(39-107)78(127)99-53(33-40(3)4)76(125)97-50(24-28-58(87)108)75(124)98-52(86(135)136)27-31-64(116)117/h17-19,21-22,40-47,49-57,66-70,107H,15-16,20,23-39,88H2,1-14H3,(H2,87,108)(H,89,109)(H,90,120)(H,91,130)(H,92,122)(H,93,131)(H,94,110)(H,95,111)(H,96,123)(H,97,125)(H,98,124)(H,99,127)(H,100,126)(H,101,132)(H,102,121)(H,103,129)(H,104,133)(H,105,128)(H,112,113)(H,114,115)(H,116,117)(H,118,119)(H,135,136)/t44-,45-,46-,47-,49-,50-,51-,52-,53-,54-,55-,56-,57-,66-,67-,68-,69-,70-/m0/s1. The minimum Gasteiger partial charge on any atom is -0.481 e. The molecule has 0 aromatic heterocycles. The van der Waals surface area contributed by atoms with Crippen LogP contribution in [0.1, 0.15) is 192 Å². The van der Waals surface area contributed by atoms with Gasteiger partial charge in [0.1, 0.15) is 90.6 Å². The highest BCUT2D eigenvalue weighted by Crippen LogP contribution is 2.23. The molecule has 1 fully saturated rings. The fourth-order valence-electron chi connectivity index (χ4n) is 13.5. The van der Waals surface area contributed by atoms with Crippen molar-refractivity contribution in [2.75, 3.05) is 32.8 Å². The van der Waals surface area contributed by atoms with Crippen molar-refractivity contribution in [3.8, 4) is 0 Å². The van der Waals surface area contributed by atoms with Gasteiger partial charge >= 0.3 is 29.8 Å². The molecule has 136 heavy (non-hydrogen) atoms. The van der Waals surface area contributed by atoms with Crippen LogP contribution in [-0.4, -0.2) is 307 Å². The Balaban J connectivity index is 2.28. The number of nitrogens with zero attached hydrogens (tertiary/aromatic N) is 1. The van der Waals surface area contributed by atoms with Crippen LogP contribution in [0.2, 0.25) is 0 Å². The van der Waals surface area contributed by atoms with E-state index in [4.69, 9.17) is 16.6 Å². The maximum absolute atomic E-state index is 14.9. The van der Waals surface area contributed by atoms with Gasteiger partial charge in [0.05, 0.1) is 38.7 Å². The fourth-order valence-corrected chi connectivity index (χ4v) is 13.5. The minimum atomic E-state index is -1.96. The first kappa shape index (κ1) is 118. The van der Waals surface area contributed by atoms with Gasteiger partial charge in [0.15, 0.2) is 0 Å². The lowest BCUT2D eigenvalue weighted by molar-refractivity contribution is -0.144. The van der Waals surface area contributed by atoms with E-state index in [1.807, 2.05) is 6.92 Å². The zero-order valence-electron chi connectivity index (χ0n) is 78.8. The lowest BCUT2D eigenvalue weighted by Gasteiger charge is -2.32. The maximum atomic E-state index is 14.9. The summed E-state index contributed by atoms with van der Waals surface area (Å²) in [7, 11) is 0. The number of nitrogens with one attached hydrogen (secondary N) is 17. The van der Waals surface area contributed by atoms with Gasteiger partial charge in [-0.3, -0.25) is 110 Å². The molecule has 0 saturated carbocycles. The van der Waals surface area contributed by atoms with E-state index in [1.54, 1.807) is 78.8 Å². The van der Waals surface area contributed by atoms with Crippen molar-refractivity contribution >= 4 is 142 Å². The van der Waals surface area contributed by atoms with Gasteiger partial charge in [-0.2, -0.15) is 0 Å². The monoisotopic (exact) mass is 1930 g/mol. The normalized spacial score (nSPS) is 16.0. The highest BCUT2D eigenvalue weighted by molar-refractivity contribution is 6.02. The van der Waals surface area contributed by atoms with Crippen molar-refractivity contribution in [1.29, 1.82) is 0 Å². The van der Waals surface area contributed by atoms with Gasteiger partial charge in [0.25, 0.3) is 0 Å². The lowest BCUT2D eigenvalue weighted by atomic mass is 9.96.